The van der Waals surface area contributed by atoms with Crippen LogP contribution in [-0.2, 0) is 23.2 Å². The molecule has 6 nitrogen and oxygen atoms in total. The lowest BCUT2D eigenvalue weighted by Gasteiger charge is -2.13. The number of rotatable bonds is 5. The van der Waals surface area contributed by atoms with E-state index in [4.69, 9.17) is 5.73 Å². The Balaban J connectivity index is 1.60. The van der Waals surface area contributed by atoms with Gasteiger partial charge in [-0.1, -0.05) is 36.4 Å². The van der Waals surface area contributed by atoms with Crippen LogP contribution in [0.3, 0.4) is 0 Å². The molecule has 5 rings (SSSR count). The van der Waals surface area contributed by atoms with Gasteiger partial charge >= 0.3 is 0 Å². The van der Waals surface area contributed by atoms with Crippen molar-refractivity contribution < 1.29 is 9.59 Å². The molecule has 0 fully saturated rings. The van der Waals surface area contributed by atoms with Crippen molar-refractivity contribution in [1.82, 2.24) is 9.13 Å². The molecule has 0 saturated carbocycles. The molecule has 0 atom stereocenters. The molecule has 2 aromatic carbocycles. The average molecular weight is 398 g/mol. The largest absolute Gasteiger partial charge is 0.348 e. The molecule has 6 heteroatoms. The van der Waals surface area contributed by atoms with Gasteiger partial charge in [0.2, 0.25) is 0 Å². The predicted octanol–water partition coefficient (Wildman–Crippen LogP) is 3.44. The molecule has 0 aliphatic carbocycles. The van der Waals surface area contributed by atoms with Gasteiger partial charge in [0.05, 0.1) is 11.3 Å². The van der Waals surface area contributed by atoms with Crippen LogP contribution in [0.4, 0.5) is 5.69 Å². The number of para-hydroxylation sites is 2. The first-order valence-electron chi connectivity index (χ1n) is 10.0. The van der Waals surface area contributed by atoms with E-state index in [2.05, 4.69) is 4.57 Å². The Kier molecular flexibility index (Phi) is 4.29. The van der Waals surface area contributed by atoms with Gasteiger partial charge in [-0.3, -0.25) is 9.59 Å². The van der Waals surface area contributed by atoms with E-state index in [0.717, 1.165) is 40.3 Å². The zero-order valence-electron chi connectivity index (χ0n) is 16.7. The molecule has 3 heterocycles. The third-order valence-electron chi connectivity index (χ3n) is 5.72. The first-order valence-corrected chi connectivity index (χ1v) is 10.0. The van der Waals surface area contributed by atoms with Crippen molar-refractivity contribution in [1.29, 1.82) is 0 Å². The van der Waals surface area contributed by atoms with Crippen LogP contribution in [0, 0.1) is 0 Å². The first-order chi connectivity index (χ1) is 14.6. The fraction of sp³-hybridized carbons (Fsp3) is 0.167. The quantitative estimate of drug-likeness (QED) is 0.524. The Morgan fingerprint density at radius 3 is 2.37 bits per heavy atom. The van der Waals surface area contributed by atoms with E-state index in [1.54, 1.807) is 0 Å². The zero-order valence-corrected chi connectivity index (χ0v) is 16.7. The standard InChI is InChI=1S/C24H22N4O2/c1-26-15-22(17-8-3-4-9-20(17)26)28-23(29)13-18(24(28)30)19-14-27(12-6-11-25)21-10-5-2-7-16(19)21/h2-5,7-10,13-15H,6,11-12,25H2,1H3. The number of imide groups is 1. The number of carbonyl (C=O) groups is 2. The highest BCUT2D eigenvalue weighted by Crippen LogP contribution is 2.36. The smallest absolute Gasteiger partial charge is 0.266 e. The SMILES string of the molecule is Cn1cc(N2C(=O)C=C(c3cn(CCCN)c4ccccc34)C2=O)c2ccccc21. The minimum Gasteiger partial charge on any atom is -0.348 e. The van der Waals surface area contributed by atoms with Gasteiger partial charge in [0.25, 0.3) is 11.8 Å². The summed E-state index contributed by atoms with van der Waals surface area (Å²) < 4.78 is 4.04. The summed E-state index contributed by atoms with van der Waals surface area (Å²) in [6, 6.07) is 15.7. The molecule has 1 aliphatic rings. The van der Waals surface area contributed by atoms with Crippen molar-refractivity contribution in [2.45, 2.75) is 13.0 Å². The number of hydrogen-bond donors (Lipinski definition) is 1. The van der Waals surface area contributed by atoms with Gasteiger partial charge in [-0.25, -0.2) is 4.90 Å². The number of fused-ring (bicyclic) bond motifs is 2. The summed E-state index contributed by atoms with van der Waals surface area (Å²) in [5.41, 5.74) is 9.51. The number of carbonyl (C=O) groups excluding carboxylic acids is 2. The van der Waals surface area contributed by atoms with Gasteiger partial charge in [-0.15, -0.1) is 0 Å². The fourth-order valence-corrected chi connectivity index (χ4v) is 4.30. The highest BCUT2D eigenvalue weighted by molar-refractivity contribution is 6.45. The number of hydrogen-bond acceptors (Lipinski definition) is 3. The second-order valence-electron chi connectivity index (χ2n) is 7.57. The summed E-state index contributed by atoms with van der Waals surface area (Å²) in [5.74, 6) is -0.608. The van der Waals surface area contributed by atoms with E-state index >= 15 is 0 Å². The third kappa shape index (κ3) is 2.69. The van der Waals surface area contributed by atoms with Gasteiger partial charge in [-0.2, -0.15) is 0 Å². The topological polar surface area (TPSA) is 73.3 Å². The molecule has 2 N–H and O–H groups in total. The van der Waals surface area contributed by atoms with Crippen LogP contribution in [-0.4, -0.2) is 27.5 Å². The van der Waals surface area contributed by atoms with Gasteiger partial charge in [-0.05, 0) is 25.1 Å². The molecule has 150 valence electrons. The molecule has 1 aliphatic heterocycles. The third-order valence-corrected chi connectivity index (χ3v) is 5.72. The normalized spacial score (nSPS) is 14.3. The Morgan fingerprint density at radius 1 is 0.900 bits per heavy atom. The lowest BCUT2D eigenvalue weighted by molar-refractivity contribution is -0.119. The minimum absolute atomic E-state index is 0.293. The number of nitrogens with two attached hydrogens (primary N) is 1. The zero-order chi connectivity index (χ0) is 20.8. The first kappa shape index (κ1) is 18.4. The van der Waals surface area contributed by atoms with Crippen LogP contribution in [0.15, 0.2) is 67.0 Å². The van der Waals surface area contributed by atoms with E-state index in [1.165, 1.54) is 11.0 Å². The van der Waals surface area contributed by atoms with E-state index in [-0.39, 0.29) is 11.8 Å². The molecule has 0 spiro atoms. The van der Waals surface area contributed by atoms with E-state index < -0.39 is 0 Å². The monoisotopic (exact) mass is 398 g/mol. The maximum Gasteiger partial charge on any atom is 0.266 e. The van der Waals surface area contributed by atoms with Gasteiger partial charge in [0.1, 0.15) is 0 Å². The highest BCUT2D eigenvalue weighted by Gasteiger charge is 2.36. The average Bonchev–Trinajstić information content (AvgIpc) is 3.38. The van der Waals surface area contributed by atoms with Crippen LogP contribution in [0.5, 0.6) is 0 Å². The van der Waals surface area contributed by atoms with Crippen molar-refractivity contribution in [2.75, 3.05) is 11.4 Å². The Hall–Kier alpha value is -3.64. The Morgan fingerprint density at radius 2 is 1.60 bits per heavy atom. The molecule has 4 aromatic rings. The van der Waals surface area contributed by atoms with E-state index in [1.807, 2.05) is 72.5 Å². The number of amides is 2. The van der Waals surface area contributed by atoms with Crippen LogP contribution in [0.1, 0.15) is 12.0 Å². The Labute approximate surface area is 173 Å². The second-order valence-corrected chi connectivity index (χ2v) is 7.57. The number of anilines is 1. The van der Waals surface area contributed by atoms with E-state index in [9.17, 15) is 9.59 Å². The molecule has 0 unspecified atom stereocenters. The summed E-state index contributed by atoms with van der Waals surface area (Å²) in [7, 11) is 1.91. The van der Waals surface area contributed by atoms with Crippen LogP contribution in [0.2, 0.25) is 0 Å². The maximum atomic E-state index is 13.4. The van der Waals surface area contributed by atoms with Gasteiger partial charge < -0.3 is 14.9 Å². The minimum atomic E-state index is -0.315. The number of aromatic nitrogens is 2. The Bertz CT molecular complexity index is 1340. The molecule has 0 bridgehead atoms. The fourth-order valence-electron chi connectivity index (χ4n) is 4.30. The predicted molar refractivity (Wildman–Crippen MR) is 119 cm³/mol. The summed E-state index contributed by atoms with van der Waals surface area (Å²) >= 11 is 0. The summed E-state index contributed by atoms with van der Waals surface area (Å²) in [5, 5.41) is 1.84. The number of benzene rings is 2. The maximum absolute atomic E-state index is 13.4. The lowest BCUT2D eigenvalue weighted by Crippen LogP contribution is -2.30. The highest BCUT2D eigenvalue weighted by atomic mass is 16.2. The lowest BCUT2D eigenvalue weighted by atomic mass is 10.1. The van der Waals surface area contributed by atoms with Crippen molar-refractivity contribution in [2.24, 2.45) is 12.8 Å². The molecule has 0 saturated heterocycles. The van der Waals surface area contributed by atoms with Crippen molar-refractivity contribution in [3.05, 3.63) is 72.6 Å². The van der Waals surface area contributed by atoms with Crippen molar-refractivity contribution >= 4 is 44.9 Å². The van der Waals surface area contributed by atoms with Crippen LogP contribution < -0.4 is 10.6 Å². The van der Waals surface area contributed by atoms with Gasteiger partial charge in [0, 0.05) is 59.4 Å². The molecular weight excluding hydrogens is 376 g/mol. The molecule has 30 heavy (non-hydrogen) atoms. The van der Waals surface area contributed by atoms with E-state index in [0.29, 0.717) is 17.8 Å². The summed E-state index contributed by atoms with van der Waals surface area (Å²) in [6.07, 6.45) is 6.09. The second kappa shape index (κ2) is 7.00. The molecule has 2 aromatic heterocycles. The molecule has 2 amide bonds. The van der Waals surface area contributed by atoms with Crippen molar-refractivity contribution in [3.63, 3.8) is 0 Å². The van der Waals surface area contributed by atoms with Crippen LogP contribution in [0.25, 0.3) is 27.4 Å². The van der Waals surface area contributed by atoms with Crippen molar-refractivity contribution in [3.8, 4) is 0 Å². The number of aryl methyl sites for hydroxylation is 2. The number of nitrogens with zero attached hydrogens (tertiary/aromatic N) is 3. The molecular formula is C24H22N4O2. The summed E-state index contributed by atoms with van der Waals surface area (Å²) in [6.45, 7) is 1.36. The summed E-state index contributed by atoms with van der Waals surface area (Å²) in [4.78, 5) is 27.6. The van der Waals surface area contributed by atoms with Crippen LogP contribution >= 0.6 is 0 Å². The molecule has 0 radical (unpaired) electrons. The van der Waals surface area contributed by atoms with Gasteiger partial charge in [0.15, 0.2) is 0 Å².